The number of benzene rings is 2. The molecule has 0 bridgehead atoms. The Bertz CT molecular complexity index is 832. The van der Waals surface area contributed by atoms with Crippen LogP contribution in [0.4, 0.5) is 0 Å². The first-order valence-electron chi connectivity index (χ1n) is 7.52. The van der Waals surface area contributed by atoms with Crippen molar-refractivity contribution in [2.24, 2.45) is 0 Å². The molecule has 116 valence electrons. The van der Waals surface area contributed by atoms with Crippen molar-refractivity contribution >= 4 is 22.9 Å². The van der Waals surface area contributed by atoms with Crippen LogP contribution < -0.4 is 5.32 Å². The van der Waals surface area contributed by atoms with E-state index in [-0.39, 0.29) is 11.7 Å². The minimum atomic E-state index is -0.127. The molecule has 0 aliphatic rings. The van der Waals surface area contributed by atoms with Gasteiger partial charge in [0.15, 0.2) is 0 Å². The molecule has 0 unspecified atom stereocenters. The van der Waals surface area contributed by atoms with Crippen LogP contribution in [0.3, 0.4) is 0 Å². The van der Waals surface area contributed by atoms with E-state index in [2.05, 4.69) is 16.4 Å². The van der Waals surface area contributed by atoms with E-state index in [9.17, 15) is 9.90 Å². The summed E-state index contributed by atoms with van der Waals surface area (Å²) in [4.78, 5) is 15.1. The molecule has 0 aliphatic heterocycles. The number of carbonyl (C=O) groups is 1. The third-order valence-electron chi connectivity index (χ3n) is 3.69. The number of hydrogen-bond acceptors (Lipinski definition) is 2. The summed E-state index contributed by atoms with van der Waals surface area (Å²) in [5.74, 6) is 0.0863. The largest absolute Gasteiger partial charge is 0.508 e. The first kappa shape index (κ1) is 14.9. The smallest absolute Gasteiger partial charge is 0.244 e. The number of H-pyrrole nitrogens is 1. The Balaban J connectivity index is 1.52. The van der Waals surface area contributed by atoms with E-state index in [0.29, 0.717) is 6.54 Å². The fourth-order valence-electron chi connectivity index (χ4n) is 2.48. The maximum atomic E-state index is 11.8. The van der Waals surface area contributed by atoms with Gasteiger partial charge >= 0.3 is 0 Å². The highest BCUT2D eigenvalue weighted by molar-refractivity contribution is 5.91. The molecule has 0 spiro atoms. The van der Waals surface area contributed by atoms with Gasteiger partial charge in [-0.15, -0.1) is 0 Å². The fourth-order valence-corrected chi connectivity index (χ4v) is 2.48. The van der Waals surface area contributed by atoms with Gasteiger partial charge in [0.1, 0.15) is 5.75 Å². The molecular formula is C19H18N2O2. The zero-order valence-corrected chi connectivity index (χ0v) is 12.6. The second-order valence-electron chi connectivity index (χ2n) is 5.33. The van der Waals surface area contributed by atoms with Gasteiger partial charge in [0, 0.05) is 29.7 Å². The first-order chi connectivity index (χ1) is 11.2. The zero-order valence-electron chi connectivity index (χ0n) is 12.6. The van der Waals surface area contributed by atoms with Gasteiger partial charge in [-0.2, -0.15) is 0 Å². The Hall–Kier alpha value is -3.01. The van der Waals surface area contributed by atoms with E-state index in [0.717, 1.165) is 17.5 Å². The van der Waals surface area contributed by atoms with Crippen molar-refractivity contribution in [1.29, 1.82) is 0 Å². The number of fused-ring (bicyclic) bond motifs is 1. The van der Waals surface area contributed by atoms with Gasteiger partial charge in [0.05, 0.1) is 0 Å². The number of carbonyl (C=O) groups excluding carboxylic acids is 1. The Morgan fingerprint density at radius 3 is 2.74 bits per heavy atom. The molecule has 0 saturated carbocycles. The molecule has 0 atom stereocenters. The number of aromatic amines is 1. The summed E-state index contributed by atoms with van der Waals surface area (Å²) in [5.41, 5.74) is 3.18. The Morgan fingerprint density at radius 2 is 1.91 bits per heavy atom. The second kappa shape index (κ2) is 6.83. The van der Waals surface area contributed by atoms with Gasteiger partial charge in [-0.05, 0) is 41.8 Å². The lowest BCUT2D eigenvalue weighted by Gasteiger charge is -2.02. The highest BCUT2D eigenvalue weighted by atomic mass is 16.3. The molecule has 3 rings (SSSR count). The number of rotatable bonds is 5. The van der Waals surface area contributed by atoms with Crippen LogP contribution in [0.1, 0.15) is 11.1 Å². The molecule has 0 fully saturated rings. The van der Waals surface area contributed by atoms with Crippen molar-refractivity contribution in [3.05, 3.63) is 71.9 Å². The van der Waals surface area contributed by atoms with Crippen molar-refractivity contribution in [2.75, 3.05) is 6.54 Å². The van der Waals surface area contributed by atoms with E-state index >= 15 is 0 Å². The van der Waals surface area contributed by atoms with Crippen LogP contribution in [0, 0.1) is 0 Å². The highest BCUT2D eigenvalue weighted by Crippen LogP contribution is 2.17. The molecule has 1 aromatic heterocycles. The number of aromatic nitrogens is 1. The molecule has 3 aromatic rings. The standard InChI is InChI=1S/C19H18N2O2/c22-16-8-5-14(6-9-16)7-10-19(23)20-12-11-15-13-21-18-4-2-1-3-17(15)18/h1-10,13,21-22H,11-12H2,(H,20,23). The predicted octanol–water partition coefficient (Wildman–Crippen LogP) is 3.25. The van der Waals surface area contributed by atoms with Gasteiger partial charge < -0.3 is 15.4 Å². The van der Waals surface area contributed by atoms with Crippen molar-refractivity contribution in [3.63, 3.8) is 0 Å². The highest BCUT2D eigenvalue weighted by Gasteiger charge is 2.03. The third kappa shape index (κ3) is 3.80. The van der Waals surface area contributed by atoms with Gasteiger partial charge in [0.25, 0.3) is 0 Å². The van der Waals surface area contributed by atoms with Gasteiger partial charge in [-0.25, -0.2) is 0 Å². The average molecular weight is 306 g/mol. The van der Waals surface area contributed by atoms with Gasteiger partial charge in [0.2, 0.25) is 5.91 Å². The minimum absolute atomic E-state index is 0.127. The minimum Gasteiger partial charge on any atom is -0.508 e. The number of amides is 1. The van der Waals surface area contributed by atoms with E-state index < -0.39 is 0 Å². The topological polar surface area (TPSA) is 65.1 Å². The predicted molar refractivity (Wildman–Crippen MR) is 92.2 cm³/mol. The normalized spacial score (nSPS) is 11.1. The zero-order chi connectivity index (χ0) is 16.1. The summed E-state index contributed by atoms with van der Waals surface area (Å²) >= 11 is 0. The summed E-state index contributed by atoms with van der Waals surface area (Å²) in [6.45, 7) is 0.584. The summed E-state index contributed by atoms with van der Waals surface area (Å²) in [5, 5.41) is 13.3. The van der Waals surface area contributed by atoms with Crippen molar-refractivity contribution in [2.45, 2.75) is 6.42 Å². The van der Waals surface area contributed by atoms with Crippen LogP contribution in [0.25, 0.3) is 17.0 Å². The van der Waals surface area contributed by atoms with Crippen LogP contribution in [-0.2, 0) is 11.2 Å². The third-order valence-corrected chi connectivity index (χ3v) is 3.69. The monoisotopic (exact) mass is 306 g/mol. The van der Waals surface area contributed by atoms with Gasteiger partial charge in [-0.3, -0.25) is 4.79 Å². The summed E-state index contributed by atoms with van der Waals surface area (Å²) in [6.07, 6.45) is 5.99. The molecule has 0 aliphatic carbocycles. The summed E-state index contributed by atoms with van der Waals surface area (Å²) in [6, 6.07) is 14.8. The molecule has 23 heavy (non-hydrogen) atoms. The van der Waals surface area contributed by atoms with E-state index in [1.807, 2.05) is 24.4 Å². The summed E-state index contributed by atoms with van der Waals surface area (Å²) in [7, 11) is 0. The molecule has 3 N–H and O–H groups in total. The van der Waals surface area contributed by atoms with E-state index in [1.165, 1.54) is 17.0 Å². The molecular weight excluding hydrogens is 288 g/mol. The SMILES string of the molecule is O=C(C=Cc1ccc(O)cc1)NCCc1c[nH]c2ccccc12. The summed E-state index contributed by atoms with van der Waals surface area (Å²) < 4.78 is 0. The maximum Gasteiger partial charge on any atom is 0.244 e. The van der Waals surface area contributed by atoms with Crippen LogP contribution in [0.5, 0.6) is 5.75 Å². The second-order valence-corrected chi connectivity index (χ2v) is 5.33. The number of aromatic hydroxyl groups is 1. The van der Waals surface area contributed by atoms with Gasteiger partial charge in [-0.1, -0.05) is 30.3 Å². The molecule has 0 radical (unpaired) electrons. The lowest BCUT2D eigenvalue weighted by atomic mass is 10.1. The molecule has 0 saturated heterocycles. The van der Waals surface area contributed by atoms with Crippen molar-refractivity contribution in [3.8, 4) is 5.75 Å². The maximum absolute atomic E-state index is 11.8. The van der Waals surface area contributed by atoms with Crippen LogP contribution in [0.2, 0.25) is 0 Å². The first-order valence-corrected chi connectivity index (χ1v) is 7.52. The molecule has 1 heterocycles. The number of hydrogen-bond donors (Lipinski definition) is 3. The quantitative estimate of drug-likeness (QED) is 0.634. The van der Waals surface area contributed by atoms with Crippen molar-refractivity contribution < 1.29 is 9.90 Å². The molecule has 1 amide bonds. The van der Waals surface area contributed by atoms with Crippen LogP contribution in [0.15, 0.2) is 60.8 Å². The number of para-hydroxylation sites is 1. The molecule has 2 aromatic carbocycles. The van der Waals surface area contributed by atoms with Crippen LogP contribution in [-0.4, -0.2) is 22.5 Å². The Labute approximate surface area is 134 Å². The number of phenolic OH excluding ortho intramolecular Hbond substituents is 1. The van der Waals surface area contributed by atoms with Crippen molar-refractivity contribution in [1.82, 2.24) is 10.3 Å². The van der Waals surface area contributed by atoms with Crippen LogP contribution >= 0.6 is 0 Å². The number of phenols is 1. The fraction of sp³-hybridized carbons (Fsp3) is 0.105. The molecule has 4 heteroatoms. The van der Waals surface area contributed by atoms with E-state index in [1.54, 1.807) is 30.3 Å². The molecule has 4 nitrogen and oxygen atoms in total. The Morgan fingerprint density at radius 1 is 1.13 bits per heavy atom. The lowest BCUT2D eigenvalue weighted by molar-refractivity contribution is -0.116. The van der Waals surface area contributed by atoms with E-state index in [4.69, 9.17) is 0 Å². The lowest BCUT2D eigenvalue weighted by Crippen LogP contribution is -2.23. The number of nitrogens with one attached hydrogen (secondary N) is 2. The Kier molecular flexibility index (Phi) is 4.43. The average Bonchev–Trinajstić information content (AvgIpc) is 2.98.